The number of nitrogens with zero attached hydrogens (tertiary/aromatic N) is 1. The molecule has 16 heavy (non-hydrogen) atoms. The van der Waals surface area contributed by atoms with Crippen LogP contribution < -0.4 is 10.2 Å². The minimum Gasteiger partial charge on any atom is -0.366 e. The maximum atomic E-state index is 6.01. The summed E-state index contributed by atoms with van der Waals surface area (Å²) in [5.41, 5.74) is 1.23. The van der Waals surface area contributed by atoms with Crippen molar-refractivity contribution in [3.05, 3.63) is 27.7 Å². The van der Waals surface area contributed by atoms with E-state index in [-0.39, 0.29) is 0 Å². The number of nitrogens with one attached hydrogen (secondary N) is 1. The Labute approximate surface area is 110 Å². The second-order valence-corrected chi connectivity index (χ2v) is 5.67. The summed E-state index contributed by atoms with van der Waals surface area (Å²) in [6, 6.07) is 7.17. The van der Waals surface area contributed by atoms with Crippen LogP contribution in [0.4, 0.5) is 5.69 Å². The maximum Gasteiger partial charge on any atom is 0.0549 e. The molecule has 0 aliphatic carbocycles. The molecule has 4 heteroatoms. The fourth-order valence-corrected chi connectivity index (χ4v) is 2.53. The number of anilines is 1. The molecule has 0 amide bonds. The highest BCUT2D eigenvalue weighted by Gasteiger charge is 2.22. The SMILES string of the molecule is CC1CN(c2ccc(Cl)c(Br)c2)C(C)CN1. The van der Waals surface area contributed by atoms with Crippen molar-refractivity contribution in [2.75, 3.05) is 18.0 Å². The summed E-state index contributed by atoms with van der Waals surface area (Å²) in [7, 11) is 0. The van der Waals surface area contributed by atoms with Gasteiger partial charge in [-0.25, -0.2) is 0 Å². The van der Waals surface area contributed by atoms with Gasteiger partial charge in [0, 0.05) is 35.3 Å². The van der Waals surface area contributed by atoms with E-state index in [9.17, 15) is 0 Å². The van der Waals surface area contributed by atoms with Gasteiger partial charge in [0.15, 0.2) is 0 Å². The van der Waals surface area contributed by atoms with Crippen LogP contribution in [-0.4, -0.2) is 25.2 Å². The van der Waals surface area contributed by atoms with E-state index in [1.807, 2.05) is 6.07 Å². The molecule has 0 radical (unpaired) electrons. The van der Waals surface area contributed by atoms with Crippen LogP contribution in [0.15, 0.2) is 22.7 Å². The Morgan fingerprint density at radius 1 is 1.44 bits per heavy atom. The van der Waals surface area contributed by atoms with Gasteiger partial charge in [0.2, 0.25) is 0 Å². The zero-order chi connectivity index (χ0) is 11.7. The zero-order valence-electron chi connectivity index (χ0n) is 9.50. The first-order valence-corrected chi connectivity index (χ1v) is 6.70. The first kappa shape index (κ1) is 12.2. The maximum absolute atomic E-state index is 6.01. The van der Waals surface area contributed by atoms with E-state index in [0.717, 1.165) is 22.6 Å². The second-order valence-electron chi connectivity index (χ2n) is 4.41. The van der Waals surface area contributed by atoms with E-state index < -0.39 is 0 Å². The smallest absolute Gasteiger partial charge is 0.0549 e. The number of benzene rings is 1. The number of rotatable bonds is 1. The fraction of sp³-hybridized carbons (Fsp3) is 0.500. The molecule has 2 unspecified atom stereocenters. The second kappa shape index (κ2) is 4.94. The highest BCUT2D eigenvalue weighted by atomic mass is 79.9. The highest BCUT2D eigenvalue weighted by Crippen LogP contribution is 2.29. The molecule has 1 saturated heterocycles. The summed E-state index contributed by atoms with van der Waals surface area (Å²) >= 11 is 9.48. The van der Waals surface area contributed by atoms with E-state index >= 15 is 0 Å². The number of halogens is 2. The summed E-state index contributed by atoms with van der Waals surface area (Å²) in [5.74, 6) is 0. The van der Waals surface area contributed by atoms with Gasteiger partial charge in [-0.3, -0.25) is 0 Å². The van der Waals surface area contributed by atoms with Crippen molar-refractivity contribution in [1.82, 2.24) is 5.32 Å². The molecule has 1 aliphatic rings. The summed E-state index contributed by atoms with van der Waals surface area (Å²) in [5, 5.41) is 4.24. The minimum absolute atomic E-state index is 0.518. The Morgan fingerprint density at radius 3 is 2.88 bits per heavy atom. The standard InChI is InChI=1S/C12H16BrClN2/c1-8-7-16(9(2)6-15-8)10-3-4-12(14)11(13)5-10/h3-5,8-9,15H,6-7H2,1-2H3. The van der Waals surface area contributed by atoms with Crippen LogP contribution in [0.1, 0.15) is 13.8 Å². The van der Waals surface area contributed by atoms with Crippen LogP contribution >= 0.6 is 27.5 Å². The molecule has 1 heterocycles. The van der Waals surface area contributed by atoms with Gasteiger partial charge in [-0.1, -0.05) is 11.6 Å². The molecule has 2 nitrogen and oxygen atoms in total. The van der Waals surface area contributed by atoms with Gasteiger partial charge in [-0.05, 0) is 48.0 Å². The monoisotopic (exact) mass is 302 g/mol. The van der Waals surface area contributed by atoms with Crippen molar-refractivity contribution in [2.24, 2.45) is 0 Å². The van der Waals surface area contributed by atoms with Gasteiger partial charge in [-0.15, -0.1) is 0 Å². The van der Waals surface area contributed by atoms with Gasteiger partial charge in [0.1, 0.15) is 0 Å². The molecule has 0 bridgehead atoms. The predicted molar refractivity (Wildman–Crippen MR) is 73.4 cm³/mol. The Hall–Kier alpha value is -0.250. The third-order valence-electron chi connectivity index (χ3n) is 3.00. The summed E-state index contributed by atoms with van der Waals surface area (Å²) in [6.07, 6.45) is 0. The van der Waals surface area contributed by atoms with Gasteiger partial charge < -0.3 is 10.2 Å². The van der Waals surface area contributed by atoms with Crippen LogP contribution in [0.5, 0.6) is 0 Å². The van der Waals surface area contributed by atoms with Crippen LogP contribution in [0, 0.1) is 0 Å². The largest absolute Gasteiger partial charge is 0.366 e. The number of hydrogen-bond donors (Lipinski definition) is 1. The van der Waals surface area contributed by atoms with Gasteiger partial charge in [0.25, 0.3) is 0 Å². The molecule has 1 aromatic rings. The van der Waals surface area contributed by atoms with Crippen LogP contribution in [0.2, 0.25) is 5.02 Å². The minimum atomic E-state index is 0.518. The lowest BCUT2D eigenvalue weighted by Crippen LogP contribution is -2.54. The molecule has 2 atom stereocenters. The van der Waals surface area contributed by atoms with E-state index in [1.54, 1.807) is 0 Å². The van der Waals surface area contributed by atoms with Crippen molar-refractivity contribution < 1.29 is 0 Å². The molecule has 1 N–H and O–H groups in total. The van der Waals surface area contributed by atoms with Crippen molar-refractivity contribution in [3.8, 4) is 0 Å². The first-order valence-electron chi connectivity index (χ1n) is 5.53. The molecular weight excluding hydrogens is 288 g/mol. The fourth-order valence-electron chi connectivity index (χ4n) is 2.05. The summed E-state index contributed by atoms with van der Waals surface area (Å²) < 4.78 is 0.963. The molecule has 1 aliphatic heterocycles. The Morgan fingerprint density at radius 2 is 2.19 bits per heavy atom. The summed E-state index contributed by atoms with van der Waals surface area (Å²) in [6.45, 7) is 6.52. The average molecular weight is 304 g/mol. The molecule has 0 spiro atoms. The molecule has 0 aromatic heterocycles. The van der Waals surface area contributed by atoms with Gasteiger partial charge >= 0.3 is 0 Å². The van der Waals surface area contributed by atoms with E-state index in [2.05, 4.69) is 52.1 Å². The summed E-state index contributed by atoms with van der Waals surface area (Å²) in [4.78, 5) is 2.42. The van der Waals surface area contributed by atoms with Crippen molar-refractivity contribution in [1.29, 1.82) is 0 Å². The molecule has 1 fully saturated rings. The van der Waals surface area contributed by atoms with Crippen LogP contribution in [0.25, 0.3) is 0 Å². The van der Waals surface area contributed by atoms with Crippen molar-refractivity contribution in [2.45, 2.75) is 25.9 Å². The van der Waals surface area contributed by atoms with Crippen LogP contribution in [-0.2, 0) is 0 Å². The third kappa shape index (κ3) is 2.53. The molecule has 0 saturated carbocycles. The van der Waals surface area contributed by atoms with E-state index in [4.69, 9.17) is 11.6 Å². The molecular formula is C12H16BrClN2. The molecule has 2 rings (SSSR count). The normalized spacial score (nSPS) is 25.9. The topological polar surface area (TPSA) is 15.3 Å². The lowest BCUT2D eigenvalue weighted by molar-refractivity contribution is 0.425. The predicted octanol–water partition coefficient (Wildman–Crippen LogP) is 3.29. The molecule has 1 aromatic carbocycles. The van der Waals surface area contributed by atoms with Gasteiger partial charge in [0.05, 0.1) is 5.02 Å². The third-order valence-corrected chi connectivity index (χ3v) is 4.21. The van der Waals surface area contributed by atoms with Crippen LogP contribution in [0.3, 0.4) is 0 Å². The van der Waals surface area contributed by atoms with Crippen molar-refractivity contribution >= 4 is 33.2 Å². The Bertz CT molecular complexity index is 383. The Balaban J connectivity index is 2.24. The number of hydrogen-bond acceptors (Lipinski definition) is 2. The average Bonchev–Trinajstić information content (AvgIpc) is 2.26. The van der Waals surface area contributed by atoms with E-state index in [0.29, 0.717) is 12.1 Å². The first-order chi connectivity index (χ1) is 7.58. The highest BCUT2D eigenvalue weighted by molar-refractivity contribution is 9.10. The Kier molecular flexibility index (Phi) is 3.77. The number of piperazine rings is 1. The molecule has 88 valence electrons. The lowest BCUT2D eigenvalue weighted by atomic mass is 10.1. The van der Waals surface area contributed by atoms with E-state index in [1.165, 1.54) is 5.69 Å². The zero-order valence-corrected chi connectivity index (χ0v) is 11.8. The van der Waals surface area contributed by atoms with Crippen molar-refractivity contribution in [3.63, 3.8) is 0 Å². The van der Waals surface area contributed by atoms with Gasteiger partial charge in [-0.2, -0.15) is 0 Å². The quantitative estimate of drug-likeness (QED) is 0.856. The lowest BCUT2D eigenvalue weighted by Gasteiger charge is -2.39.